The quantitative estimate of drug-likeness (QED) is 0.769. The maximum absolute atomic E-state index is 11.4. The molecule has 0 amide bonds. The molecule has 0 bridgehead atoms. The molecule has 0 aliphatic rings. The molecule has 0 saturated heterocycles. The van der Waals surface area contributed by atoms with Gasteiger partial charge in [-0.2, -0.15) is 0 Å². The first-order valence-corrected chi connectivity index (χ1v) is 6.26. The van der Waals surface area contributed by atoms with Gasteiger partial charge in [-0.05, 0) is 22.0 Å². The van der Waals surface area contributed by atoms with Crippen molar-refractivity contribution >= 4 is 44.9 Å². The summed E-state index contributed by atoms with van der Waals surface area (Å²) in [5.74, 6) is 0.392. The first-order chi connectivity index (χ1) is 7.41. The zero-order valence-electron chi connectivity index (χ0n) is 8.89. The normalized spacial score (nSPS) is 10.6. The molecule has 88 valence electrons. The Morgan fingerprint density at radius 2 is 2.00 bits per heavy atom. The number of ether oxygens (including phenoxy) is 1. The van der Waals surface area contributed by atoms with Gasteiger partial charge in [0.15, 0.2) is 5.78 Å². The third-order valence-corrected chi connectivity index (χ3v) is 3.48. The van der Waals surface area contributed by atoms with E-state index in [9.17, 15) is 4.79 Å². The summed E-state index contributed by atoms with van der Waals surface area (Å²) in [6.45, 7) is 3.65. The maximum atomic E-state index is 11.4. The van der Waals surface area contributed by atoms with Crippen molar-refractivity contribution in [1.29, 1.82) is 0 Å². The molecule has 0 heterocycles. The Morgan fingerprint density at radius 3 is 2.56 bits per heavy atom. The Morgan fingerprint density at radius 1 is 1.38 bits per heavy atom. The van der Waals surface area contributed by atoms with E-state index in [4.69, 9.17) is 27.9 Å². The summed E-state index contributed by atoms with van der Waals surface area (Å²) in [5.41, 5.74) is 0. The van der Waals surface area contributed by atoms with Crippen LogP contribution in [-0.4, -0.2) is 12.4 Å². The average molecular weight is 326 g/mol. The number of ketones is 1. The van der Waals surface area contributed by atoms with E-state index in [1.165, 1.54) is 0 Å². The summed E-state index contributed by atoms with van der Waals surface area (Å²) in [5, 5.41) is 0.921. The van der Waals surface area contributed by atoms with Crippen LogP contribution >= 0.6 is 39.1 Å². The molecule has 0 spiro atoms. The number of benzene rings is 1. The van der Waals surface area contributed by atoms with Gasteiger partial charge >= 0.3 is 0 Å². The average Bonchev–Trinajstić information content (AvgIpc) is 2.20. The van der Waals surface area contributed by atoms with Gasteiger partial charge in [-0.3, -0.25) is 4.79 Å². The fraction of sp³-hybridized carbons (Fsp3) is 0.364. The second-order valence-corrected chi connectivity index (χ2v) is 5.28. The van der Waals surface area contributed by atoms with E-state index in [0.717, 1.165) is 0 Å². The summed E-state index contributed by atoms with van der Waals surface area (Å²) >= 11 is 15.1. The lowest BCUT2D eigenvalue weighted by Crippen LogP contribution is -2.16. The summed E-state index contributed by atoms with van der Waals surface area (Å²) in [4.78, 5) is 11.4. The minimum atomic E-state index is -0.0512. The molecule has 5 heteroatoms. The minimum Gasteiger partial charge on any atom is -0.484 e. The second-order valence-electron chi connectivity index (χ2n) is 3.61. The van der Waals surface area contributed by atoms with E-state index in [2.05, 4.69) is 15.9 Å². The molecule has 2 nitrogen and oxygen atoms in total. The zero-order valence-corrected chi connectivity index (χ0v) is 12.0. The van der Waals surface area contributed by atoms with Gasteiger partial charge in [-0.15, -0.1) is 0 Å². The predicted molar refractivity (Wildman–Crippen MR) is 69.5 cm³/mol. The number of halogens is 3. The molecule has 0 aromatic heterocycles. The number of hydrogen-bond donors (Lipinski definition) is 0. The van der Waals surface area contributed by atoms with E-state index in [1.54, 1.807) is 12.1 Å². The van der Waals surface area contributed by atoms with E-state index >= 15 is 0 Å². The van der Waals surface area contributed by atoms with Crippen molar-refractivity contribution in [2.75, 3.05) is 6.61 Å². The zero-order chi connectivity index (χ0) is 12.3. The van der Waals surface area contributed by atoms with E-state index in [-0.39, 0.29) is 18.3 Å². The highest BCUT2D eigenvalue weighted by Gasteiger charge is 2.11. The summed E-state index contributed by atoms with van der Waals surface area (Å²) in [6.07, 6.45) is 0. The largest absolute Gasteiger partial charge is 0.484 e. The molecule has 0 unspecified atom stereocenters. The predicted octanol–water partition coefficient (Wildman–Crippen LogP) is 4.36. The Labute approximate surface area is 113 Å². The van der Waals surface area contributed by atoms with Crippen molar-refractivity contribution < 1.29 is 9.53 Å². The molecular weight excluding hydrogens is 315 g/mol. The molecule has 1 rings (SSSR count). The molecule has 0 N–H and O–H groups in total. The maximum Gasteiger partial charge on any atom is 0.172 e. The lowest BCUT2D eigenvalue weighted by atomic mass is 10.1. The van der Waals surface area contributed by atoms with Gasteiger partial charge in [0.25, 0.3) is 0 Å². The second kappa shape index (κ2) is 5.89. The van der Waals surface area contributed by atoms with Crippen LogP contribution in [0.1, 0.15) is 13.8 Å². The van der Waals surface area contributed by atoms with Crippen molar-refractivity contribution in [3.8, 4) is 5.75 Å². The van der Waals surface area contributed by atoms with Crippen molar-refractivity contribution in [1.82, 2.24) is 0 Å². The standard InChI is InChI=1S/C11H11BrCl2O2/c1-6(2)10(15)5-16-11-4-8(13)7(12)3-9(11)14/h3-4,6H,5H2,1-2H3. The highest BCUT2D eigenvalue weighted by Crippen LogP contribution is 2.34. The van der Waals surface area contributed by atoms with Gasteiger partial charge in [-0.25, -0.2) is 0 Å². The number of Topliss-reactive ketones (excluding diaryl/α,β-unsaturated/α-hetero) is 1. The molecule has 16 heavy (non-hydrogen) atoms. The molecule has 0 saturated carbocycles. The van der Waals surface area contributed by atoms with Crippen LogP contribution in [0.4, 0.5) is 0 Å². The molecule has 0 atom stereocenters. The fourth-order valence-corrected chi connectivity index (χ4v) is 1.78. The summed E-state index contributed by atoms with van der Waals surface area (Å²) in [6, 6.07) is 3.22. The SMILES string of the molecule is CC(C)C(=O)COc1cc(Cl)c(Br)cc1Cl. The smallest absolute Gasteiger partial charge is 0.172 e. The first-order valence-electron chi connectivity index (χ1n) is 4.72. The third-order valence-electron chi connectivity index (χ3n) is 1.99. The van der Waals surface area contributed by atoms with Crippen LogP contribution in [-0.2, 0) is 4.79 Å². The Hall–Kier alpha value is -0.250. The number of hydrogen-bond acceptors (Lipinski definition) is 2. The Kier molecular flexibility index (Phi) is 5.09. The van der Waals surface area contributed by atoms with Gasteiger partial charge in [0.05, 0.1) is 10.0 Å². The van der Waals surface area contributed by atoms with Crippen molar-refractivity contribution in [2.24, 2.45) is 5.92 Å². The fourth-order valence-electron chi connectivity index (χ4n) is 0.930. The van der Waals surface area contributed by atoms with Crippen LogP contribution < -0.4 is 4.74 Å². The molecule has 0 aliphatic carbocycles. The van der Waals surface area contributed by atoms with E-state index < -0.39 is 0 Å². The monoisotopic (exact) mass is 324 g/mol. The topological polar surface area (TPSA) is 26.3 Å². The molecule has 1 aromatic carbocycles. The lowest BCUT2D eigenvalue weighted by molar-refractivity contribution is -0.123. The van der Waals surface area contributed by atoms with Gasteiger partial charge in [0, 0.05) is 16.5 Å². The van der Waals surface area contributed by atoms with Gasteiger partial charge in [-0.1, -0.05) is 37.0 Å². The summed E-state index contributed by atoms with van der Waals surface area (Å²) in [7, 11) is 0. The Bertz CT molecular complexity index is 405. The van der Waals surface area contributed by atoms with E-state index in [0.29, 0.717) is 20.3 Å². The van der Waals surface area contributed by atoms with E-state index in [1.807, 2.05) is 13.8 Å². The van der Waals surface area contributed by atoms with Crippen LogP contribution in [0, 0.1) is 5.92 Å². The van der Waals surface area contributed by atoms with Gasteiger partial charge in [0.1, 0.15) is 12.4 Å². The molecule has 0 aliphatic heterocycles. The summed E-state index contributed by atoms with van der Waals surface area (Å²) < 4.78 is 6.00. The number of carbonyl (C=O) groups is 1. The highest BCUT2D eigenvalue weighted by atomic mass is 79.9. The Balaban J connectivity index is 2.75. The van der Waals surface area contributed by atoms with Crippen LogP contribution in [0.25, 0.3) is 0 Å². The molecule has 0 fully saturated rings. The number of rotatable bonds is 4. The lowest BCUT2D eigenvalue weighted by Gasteiger charge is -2.10. The molecule has 1 aromatic rings. The minimum absolute atomic E-state index is 0.00927. The first kappa shape index (κ1) is 13.8. The van der Waals surface area contributed by atoms with Crippen LogP contribution in [0.15, 0.2) is 16.6 Å². The third kappa shape index (κ3) is 3.65. The van der Waals surface area contributed by atoms with Crippen LogP contribution in [0.2, 0.25) is 10.0 Å². The van der Waals surface area contributed by atoms with Gasteiger partial charge < -0.3 is 4.74 Å². The van der Waals surface area contributed by atoms with Crippen LogP contribution in [0.5, 0.6) is 5.75 Å². The van der Waals surface area contributed by atoms with Crippen molar-refractivity contribution in [2.45, 2.75) is 13.8 Å². The number of carbonyl (C=O) groups excluding carboxylic acids is 1. The molecule has 0 radical (unpaired) electrons. The van der Waals surface area contributed by atoms with Crippen molar-refractivity contribution in [3.05, 3.63) is 26.7 Å². The van der Waals surface area contributed by atoms with Crippen molar-refractivity contribution in [3.63, 3.8) is 0 Å². The van der Waals surface area contributed by atoms with Gasteiger partial charge in [0.2, 0.25) is 0 Å². The molecular formula is C11H11BrCl2O2. The van der Waals surface area contributed by atoms with Crippen LogP contribution in [0.3, 0.4) is 0 Å². The highest BCUT2D eigenvalue weighted by molar-refractivity contribution is 9.10.